The number of rotatable bonds is 9. The van der Waals surface area contributed by atoms with Crippen molar-refractivity contribution in [1.82, 2.24) is 30.5 Å². The highest BCUT2D eigenvalue weighted by molar-refractivity contribution is 6.28. The summed E-state index contributed by atoms with van der Waals surface area (Å²) < 4.78 is 0. The van der Waals surface area contributed by atoms with Crippen LogP contribution in [0.15, 0.2) is 79.1 Å². The minimum Gasteiger partial charge on any atom is -0.299 e. The van der Waals surface area contributed by atoms with Gasteiger partial charge < -0.3 is 0 Å². The first-order valence-electron chi connectivity index (χ1n) is 12.6. The fourth-order valence-electron chi connectivity index (χ4n) is 5.36. The lowest BCUT2D eigenvalue weighted by Crippen LogP contribution is -2.55. The normalized spacial score (nSPS) is 21.5. The lowest BCUT2D eigenvalue weighted by Gasteiger charge is -2.45. The molecule has 4 aromatic rings. The molecule has 0 bridgehead atoms. The Kier molecular flexibility index (Phi) is 6.93. The molecule has 1 aliphatic rings. The van der Waals surface area contributed by atoms with Crippen molar-refractivity contribution in [3.8, 4) is 11.4 Å². The number of hydrogen-bond acceptors (Lipinski definition) is 5. The van der Waals surface area contributed by atoms with E-state index in [2.05, 4.69) is 51.6 Å². The van der Waals surface area contributed by atoms with Crippen LogP contribution in [-0.4, -0.2) is 48.6 Å². The van der Waals surface area contributed by atoms with Crippen molar-refractivity contribution in [2.45, 2.75) is 50.1 Å². The average Bonchev–Trinajstić information content (AvgIpc) is 3.53. The van der Waals surface area contributed by atoms with Gasteiger partial charge in [-0.1, -0.05) is 92.0 Å². The number of hydrogen-bond donors (Lipinski definition) is 1. The molecule has 1 aliphatic heterocycles. The predicted octanol–water partition coefficient (Wildman–Crippen LogP) is 5.79. The highest BCUT2D eigenvalue weighted by Crippen LogP contribution is 2.56. The molecule has 0 radical (unpaired) electrons. The van der Waals surface area contributed by atoms with Gasteiger partial charge in [0.15, 0.2) is 5.00 Å². The van der Waals surface area contributed by atoms with Gasteiger partial charge in [0.1, 0.15) is 0 Å². The lowest BCUT2D eigenvalue weighted by molar-refractivity contribution is 0.166. The number of H-pyrrole nitrogens is 1. The van der Waals surface area contributed by atoms with Crippen LogP contribution in [0.1, 0.15) is 44.2 Å². The number of tetrazole rings is 1. The molecule has 2 aromatic heterocycles. The van der Waals surface area contributed by atoms with Crippen LogP contribution in [-0.2, 0) is 11.4 Å². The zero-order valence-electron chi connectivity index (χ0n) is 21.0. The molecule has 1 saturated heterocycles. The van der Waals surface area contributed by atoms with E-state index in [0.29, 0.717) is 36.5 Å². The van der Waals surface area contributed by atoms with Gasteiger partial charge in [-0.05, 0) is 42.2 Å². The van der Waals surface area contributed by atoms with E-state index in [4.69, 9.17) is 11.6 Å². The van der Waals surface area contributed by atoms with Crippen molar-refractivity contribution >= 4 is 23.3 Å². The number of carbonyl (C=O) groups is 1. The Morgan fingerprint density at radius 2 is 1.76 bits per heavy atom. The van der Waals surface area contributed by atoms with Crippen LogP contribution in [0.4, 0.5) is 10.5 Å². The van der Waals surface area contributed by atoms with Gasteiger partial charge in [0.2, 0.25) is 5.82 Å². The molecular weight excluding hydrogens is 486 g/mol. The Labute approximate surface area is 221 Å². The van der Waals surface area contributed by atoms with E-state index < -0.39 is 10.5 Å². The fraction of sp³-hybridized carbons (Fsp3) is 0.321. The van der Waals surface area contributed by atoms with Crippen molar-refractivity contribution in [3.63, 3.8) is 0 Å². The molecule has 2 atom stereocenters. The van der Waals surface area contributed by atoms with Gasteiger partial charge in [0.25, 0.3) is 0 Å². The number of nitrogens with zero attached hydrogens (tertiary/aromatic N) is 6. The minimum atomic E-state index is -1.13. The highest BCUT2D eigenvalue weighted by Gasteiger charge is 2.65. The summed E-state index contributed by atoms with van der Waals surface area (Å²) in [6.07, 6.45) is 6.58. The van der Waals surface area contributed by atoms with Gasteiger partial charge in [-0.25, -0.2) is 4.79 Å². The van der Waals surface area contributed by atoms with Crippen LogP contribution < -0.4 is 4.90 Å². The maximum Gasteiger partial charge on any atom is 0.326 e. The summed E-state index contributed by atoms with van der Waals surface area (Å²) in [7, 11) is 0. The molecule has 37 heavy (non-hydrogen) atoms. The number of unbranched alkanes of at least 4 members (excludes halogenated alkanes) is 1. The molecule has 0 saturated carbocycles. The maximum atomic E-state index is 14.5. The number of amides is 2. The van der Waals surface area contributed by atoms with Crippen LogP contribution in [0.5, 0.6) is 0 Å². The number of anilines is 1. The van der Waals surface area contributed by atoms with E-state index in [1.807, 2.05) is 58.3 Å². The maximum absolute atomic E-state index is 14.5. The number of pyridine rings is 1. The molecule has 3 heterocycles. The molecule has 2 aromatic carbocycles. The number of nitrogens with one attached hydrogen (secondary N) is 1. The number of benzene rings is 2. The summed E-state index contributed by atoms with van der Waals surface area (Å²) in [5.74, 6) is 0.394. The van der Waals surface area contributed by atoms with Gasteiger partial charge in [-0.15, -0.1) is 10.2 Å². The monoisotopic (exact) mass is 515 g/mol. The third-order valence-corrected chi connectivity index (χ3v) is 8.10. The molecule has 190 valence electrons. The van der Waals surface area contributed by atoms with Gasteiger partial charge in [-0.2, -0.15) is 5.21 Å². The van der Waals surface area contributed by atoms with E-state index in [1.165, 1.54) is 0 Å². The fourth-order valence-corrected chi connectivity index (χ4v) is 5.82. The number of alkyl halides is 1. The van der Waals surface area contributed by atoms with E-state index in [1.54, 1.807) is 18.5 Å². The third kappa shape index (κ3) is 4.25. The molecule has 1 N–H and O–H groups in total. The zero-order chi connectivity index (χ0) is 25.9. The zero-order valence-corrected chi connectivity index (χ0v) is 21.8. The van der Waals surface area contributed by atoms with Crippen molar-refractivity contribution in [1.29, 1.82) is 0 Å². The summed E-state index contributed by atoms with van der Waals surface area (Å²) in [5.41, 5.74) is 2.49. The van der Waals surface area contributed by atoms with E-state index >= 15 is 0 Å². The van der Waals surface area contributed by atoms with Gasteiger partial charge >= 0.3 is 6.03 Å². The Morgan fingerprint density at radius 3 is 2.43 bits per heavy atom. The number of aromatic nitrogens is 5. The van der Waals surface area contributed by atoms with Crippen LogP contribution in [0.3, 0.4) is 0 Å². The second-order valence-electron chi connectivity index (χ2n) is 9.50. The first kappa shape index (κ1) is 24.9. The van der Waals surface area contributed by atoms with Crippen molar-refractivity contribution in [2.75, 3.05) is 11.4 Å². The molecule has 5 rings (SSSR count). The quantitative estimate of drug-likeness (QED) is 0.225. The number of urea groups is 1. The second kappa shape index (κ2) is 10.3. The summed E-state index contributed by atoms with van der Waals surface area (Å²) in [6, 6.07) is 21.7. The van der Waals surface area contributed by atoms with Gasteiger partial charge in [0, 0.05) is 18.3 Å². The largest absolute Gasteiger partial charge is 0.326 e. The lowest BCUT2D eigenvalue weighted by atomic mass is 9.81. The molecule has 9 heteroatoms. The molecule has 0 aliphatic carbocycles. The predicted molar refractivity (Wildman–Crippen MR) is 144 cm³/mol. The number of halogens is 1. The average molecular weight is 516 g/mol. The molecule has 2 amide bonds. The number of carbonyl (C=O) groups excluding carboxylic acids is 1. The summed E-state index contributed by atoms with van der Waals surface area (Å²) >= 11 is 7.78. The summed E-state index contributed by atoms with van der Waals surface area (Å²) in [4.78, 5) is 21.4. The van der Waals surface area contributed by atoms with Crippen molar-refractivity contribution < 1.29 is 4.79 Å². The minimum absolute atomic E-state index is 0.175. The van der Waals surface area contributed by atoms with E-state index in [-0.39, 0.29) is 6.03 Å². The molecule has 0 spiro atoms. The standard InChI is InChI=1S/C28H30ClN7O/c1-3-4-17-27(2)28(29,22-13-9-6-10-14-22)35(19-16-21-11-7-5-8-12-21)26(37)36(27)24-20-30-18-15-23(24)25-31-33-34-32-25/h5-15,18,20H,3-4,16-17,19H2,1-2H3,(H,31,32,33,34). The molecule has 1 fully saturated rings. The summed E-state index contributed by atoms with van der Waals surface area (Å²) in [6.45, 7) is 4.68. The molecule has 2 unspecified atom stereocenters. The second-order valence-corrected chi connectivity index (χ2v) is 10.0. The SMILES string of the molecule is CCCCC1(C)N(c2cnccc2-c2nn[nH]n2)C(=O)N(CCc2ccccc2)C1(Cl)c1ccccc1. The van der Waals surface area contributed by atoms with Crippen molar-refractivity contribution in [3.05, 3.63) is 90.3 Å². The van der Waals surface area contributed by atoms with Crippen LogP contribution in [0, 0.1) is 0 Å². The Hall–Kier alpha value is -3.78. The Morgan fingerprint density at radius 1 is 1.03 bits per heavy atom. The van der Waals surface area contributed by atoms with E-state index in [0.717, 1.165) is 24.0 Å². The Balaban J connectivity index is 1.68. The smallest absolute Gasteiger partial charge is 0.299 e. The summed E-state index contributed by atoms with van der Waals surface area (Å²) in [5, 5.41) is 14.6. The van der Waals surface area contributed by atoms with Crippen molar-refractivity contribution in [2.24, 2.45) is 0 Å². The topological polar surface area (TPSA) is 90.9 Å². The van der Waals surface area contributed by atoms with Gasteiger partial charge in [0.05, 0.1) is 17.4 Å². The Bertz CT molecular complexity index is 1340. The molecule has 8 nitrogen and oxygen atoms in total. The van der Waals surface area contributed by atoms with E-state index in [9.17, 15) is 4.79 Å². The van der Waals surface area contributed by atoms with Crippen LogP contribution in [0.25, 0.3) is 11.4 Å². The van der Waals surface area contributed by atoms with Crippen LogP contribution >= 0.6 is 11.6 Å². The van der Waals surface area contributed by atoms with Crippen LogP contribution in [0.2, 0.25) is 0 Å². The first-order valence-corrected chi connectivity index (χ1v) is 13.0. The number of aromatic amines is 1. The van der Waals surface area contributed by atoms with Gasteiger partial charge in [-0.3, -0.25) is 14.8 Å². The highest BCUT2D eigenvalue weighted by atomic mass is 35.5. The first-order chi connectivity index (χ1) is 18.0. The third-order valence-electron chi connectivity index (χ3n) is 7.27. The molecular formula is C28H30ClN7O.